The summed E-state index contributed by atoms with van der Waals surface area (Å²) in [5, 5.41) is 11.9. The maximum atomic E-state index is 13.7. The first-order chi connectivity index (χ1) is 13.8. The van der Waals surface area contributed by atoms with Crippen molar-refractivity contribution in [2.75, 3.05) is 0 Å². The van der Waals surface area contributed by atoms with Gasteiger partial charge in [-0.3, -0.25) is 4.79 Å². The van der Waals surface area contributed by atoms with Crippen LogP contribution in [0, 0.1) is 12.7 Å². The van der Waals surface area contributed by atoms with E-state index in [1.54, 1.807) is 30.3 Å². The third-order valence-electron chi connectivity index (χ3n) is 4.01. The van der Waals surface area contributed by atoms with Crippen molar-refractivity contribution in [3.8, 4) is 11.6 Å². The van der Waals surface area contributed by atoms with E-state index in [0.717, 1.165) is 17.8 Å². The Bertz CT molecular complexity index is 1070. The van der Waals surface area contributed by atoms with Gasteiger partial charge in [0.05, 0.1) is 16.8 Å². The van der Waals surface area contributed by atoms with Crippen LogP contribution in [0.15, 0.2) is 54.7 Å². The highest BCUT2D eigenvalue weighted by Gasteiger charge is 2.17. The van der Waals surface area contributed by atoms with Crippen molar-refractivity contribution in [1.82, 2.24) is 10.3 Å². The Morgan fingerprint density at radius 1 is 1.17 bits per heavy atom. The lowest BCUT2D eigenvalue weighted by molar-refractivity contribution is 0.0696. The van der Waals surface area contributed by atoms with Gasteiger partial charge in [0.15, 0.2) is 0 Å². The van der Waals surface area contributed by atoms with Crippen LogP contribution in [-0.4, -0.2) is 22.0 Å². The smallest absolute Gasteiger partial charge is 0.335 e. The number of nitrogens with one attached hydrogen (secondary N) is 1. The molecule has 0 radical (unpaired) electrons. The van der Waals surface area contributed by atoms with Crippen molar-refractivity contribution in [3.05, 3.63) is 87.8 Å². The molecule has 0 aliphatic rings. The van der Waals surface area contributed by atoms with Crippen LogP contribution in [0.2, 0.25) is 5.02 Å². The molecule has 0 aliphatic carbocycles. The lowest BCUT2D eigenvalue weighted by Crippen LogP contribution is -2.23. The molecule has 0 aliphatic heterocycles. The second-order valence-corrected chi connectivity index (χ2v) is 6.63. The predicted octanol–water partition coefficient (Wildman–Crippen LogP) is 4.60. The molecule has 6 nitrogen and oxygen atoms in total. The number of aromatic nitrogens is 1. The number of carboxylic acid groups (broad SMARTS) is 1. The summed E-state index contributed by atoms with van der Waals surface area (Å²) < 4.78 is 19.3. The first-order valence-corrected chi connectivity index (χ1v) is 8.91. The largest absolute Gasteiger partial charge is 0.478 e. The zero-order valence-corrected chi connectivity index (χ0v) is 16.0. The van der Waals surface area contributed by atoms with Gasteiger partial charge in [0.2, 0.25) is 5.88 Å². The van der Waals surface area contributed by atoms with Gasteiger partial charge in [-0.05, 0) is 48.4 Å². The molecule has 0 atom stereocenters. The number of ether oxygens (including phenoxy) is 1. The van der Waals surface area contributed by atoms with Gasteiger partial charge in [-0.15, -0.1) is 0 Å². The number of aryl methyl sites for hydroxylation is 1. The summed E-state index contributed by atoms with van der Waals surface area (Å²) in [6.07, 6.45) is 0.945. The number of benzene rings is 2. The fourth-order valence-corrected chi connectivity index (χ4v) is 2.66. The van der Waals surface area contributed by atoms with E-state index in [9.17, 15) is 14.0 Å². The van der Waals surface area contributed by atoms with Gasteiger partial charge < -0.3 is 15.2 Å². The molecule has 0 unspecified atom stereocenters. The summed E-state index contributed by atoms with van der Waals surface area (Å²) in [6.45, 7) is 1.96. The second-order valence-electron chi connectivity index (χ2n) is 6.23. The molecule has 0 saturated carbocycles. The van der Waals surface area contributed by atoms with Crippen molar-refractivity contribution in [2.24, 2.45) is 0 Å². The molecule has 8 heteroatoms. The third kappa shape index (κ3) is 5.08. The highest BCUT2D eigenvalue weighted by Crippen LogP contribution is 2.31. The second kappa shape index (κ2) is 8.70. The van der Waals surface area contributed by atoms with Gasteiger partial charge in [0, 0.05) is 6.54 Å². The molecule has 1 heterocycles. The van der Waals surface area contributed by atoms with Crippen LogP contribution >= 0.6 is 11.6 Å². The monoisotopic (exact) mass is 414 g/mol. The summed E-state index contributed by atoms with van der Waals surface area (Å²) in [4.78, 5) is 27.3. The minimum Gasteiger partial charge on any atom is -0.478 e. The molecule has 2 N–H and O–H groups in total. The molecule has 3 aromatic rings. The molecule has 0 saturated heterocycles. The van der Waals surface area contributed by atoms with E-state index in [2.05, 4.69) is 10.3 Å². The normalized spacial score (nSPS) is 10.4. The molecule has 0 fully saturated rings. The van der Waals surface area contributed by atoms with Crippen LogP contribution in [-0.2, 0) is 6.54 Å². The minimum atomic E-state index is -1.04. The topological polar surface area (TPSA) is 88.5 Å². The fraction of sp³-hybridized carbons (Fsp3) is 0.0952. The van der Waals surface area contributed by atoms with Gasteiger partial charge in [-0.2, -0.15) is 0 Å². The summed E-state index contributed by atoms with van der Waals surface area (Å²) in [7, 11) is 0. The first-order valence-electron chi connectivity index (χ1n) is 8.53. The number of rotatable bonds is 6. The fourth-order valence-electron chi connectivity index (χ4n) is 2.51. The molecule has 29 heavy (non-hydrogen) atoms. The van der Waals surface area contributed by atoms with E-state index in [4.69, 9.17) is 21.4 Å². The molecule has 148 valence electrons. The van der Waals surface area contributed by atoms with Gasteiger partial charge in [0.1, 0.15) is 17.1 Å². The van der Waals surface area contributed by atoms with E-state index >= 15 is 0 Å². The zero-order chi connectivity index (χ0) is 21.0. The minimum absolute atomic E-state index is 0.0855. The Balaban J connectivity index is 1.78. The molecule has 2 aromatic carbocycles. The summed E-state index contributed by atoms with van der Waals surface area (Å²) in [5.74, 6) is -2.12. The molecule has 0 bridgehead atoms. The molecule has 1 aromatic heterocycles. The number of carbonyl (C=O) groups is 2. The molecular weight excluding hydrogens is 399 g/mol. The average Bonchev–Trinajstić information content (AvgIpc) is 2.70. The predicted molar refractivity (Wildman–Crippen MR) is 105 cm³/mol. The Hall–Kier alpha value is -3.45. The Morgan fingerprint density at radius 3 is 2.59 bits per heavy atom. The lowest BCUT2D eigenvalue weighted by Gasteiger charge is -2.12. The Morgan fingerprint density at radius 2 is 1.90 bits per heavy atom. The molecular formula is C21H16ClFN2O4. The van der Waals surface area contributed by atoms with Crippen molar-refractivity contribution >= 4 is 23.5 Å². The van der Waals surface area contributed by atoms with E-state index in [1.807, 2.05) is 6.92 Å². The number of carboxylic acids is 1. The van der Waals surface area contributed by atoms with Crippen LogP contribution in [0.25, 0.3) is 0 Å². The Labute approximate surface area is 170 Å². The SMILES string of the molecule is Cc1ccc(Cl)c(Oc2ncc(F)cc2C(=O)NCc2ccc(C(=O)O)cc2)c1. The Kier molecular flexibility index (Phi) is 6.09. The van der Waals surface area contributed by atoms with Crippen molar-refractivity contribution in [2.45, 2.75) is 13.5 Å². The number of amides is 1. The summed E-state index contributed by atoms with van der Waals surface area (Å²) >= 11 is 6.12. The quantitative estimate of drug-likeness (QED) is 0.615. The van der Waals surface area contributed by atoms with Crippen LogP contribution in [0.1, 0.15) is 31.8 Å². The van der Waals surface area contributed by atoms with Gasteiger partial charge >= 0.3 is 5.97 Å². The summed E-state index contributed by atoms with van der Waals surface area (Å²) in [5.41, 5.74) is 1.61. The highest BCUT2D eigenvalue weighted by atomic mass is 35.5. The van der Waals surface area contributed by atoms with Crippen LogP contribution < -0.4 is 10.1 Å². The van der Waals surface area contributed by atoms with Crippen LogP contribution in [0.5, 0.6) is 11.6 Å². The maximum Gasteiger partial charge on any atom is 0.335 e. The molecule has 3 rings (SSSR count). The van der Waals surface area contributed by atoms with E-state index in [1.165, 1.54) is 12.1 Å². The number of hydrogen-bond acceptors (Lipinski definition) is 4. The van der Waals surface area contributed by atoms with Crippen LogP contribution in [0.4, 0.5) is 4.39 Å². The highest BCUT2D eigenvalue weighted by molar-refractivity contribution is 6.32. The van der Waals surface area contributed by atoms with Crippen molar-refractivity contribution in [1.29, 1.82) is 0 Å². The maximum absolute atomic E-state index is 13.7. The van der Waals surface area contributed by atoms with Gasteiger partial charge in [-0.1, -0.05) is 29.8 Å². The average molecular weight is 415 g/mol. The number of nitrogens with zero attached hydrogens (tertiary/aromatic N) is 1. The van der Waals surface area contributed by atoms with Gasteiger partial charge in [-0.25, -0.2) is 14.2 Å². The number of aromatic carboxylic acids is 1. The number of carbonyl (C=O) groups excluding carboxylic acids is 1. The number of pyridine rings is 1. The van der Waals surface area contributed by atoms with Crippen molar-refractivity contribution in [3.63, 3.8) is 0 Å². The third-order valence-corrected chi connectivity index (χ3v) is 4.32. The number of halogens is 2. The van der Waals surface area contributed by atoms with E-state index in [0.29, 0.717) is 16.3 Å². The standard InChI is InChI=1S/C21H16ClFN2O4/c1-12-2-7-17(22)18(8-12)29-20-16(9-15(23)11-25-20)19(26)24-10-13-3-5-14(6-4-13)21(27)28/h2-9,11H,10H2,1H3,(H,24,26)(H,27,28). The molecule has 0 spiro atoms. The van der Waals surface area contributed by atoms with E-state index < -0.39 is 17.7 Å². The first kappa shape index (κ1) is 20.3. The van der Waals surface area contributed by atoms with Crippen LogP contribution in [0.3, 0.4) is 0 Å². The number of hydrogen-bond donors (Lipinski definition) is 2. The van der Waals surface area contributed by atoms with Gasteiger partial charge in [0.25, 0.3) is 5.91 Å². The molecule has 1 amide bonds. The van der Waals surface area contributed by atoms with Crippen molar-refractivity contribution < 1.29 is 23.8 Å². The summed E-state index contributed by atoms with van der Waals surface area (Å²) in [6, 6.07) is 12.2. The zero-order valence-electron chi connectivity index (χ0n) is 15.3. The lowest BCUT2D eigenvalue weighted by atomic mass is 10.1. The van der Waals surface area contributed by atoms with E-state index in [-0.39, 0.29) is 23.6 Å².